The molecule has 4 nitrogen and oxygen atoms in total. The molecule has 20 heavy (non-hydrogen) atoms. The third kappa shape index (κ3) is 2.07. The number of hydrogen-bond acceptors (Lipinski definition) is 4. The van der Waals surface area contributed by atoms with Crippen molar-refractivity contribution in [3.63, 3.8) is 0 Å². The lowest BCUT2D eigenvalue weighted by Gasteiger charge is -2.47. The second kappa shape index (κ2) is 5.45. The normalized spacial score (nSPS) is 32.6. The molecule has 4 heteroatoms. The topological polar surface area (TPSA) is 58.9 Å². The van der Waals surface area contributed by atoms with Gasteiger partial charge in [-0.2, -0.15) is 0 Å². The third-order valence-corrected chi connectivity index (χ3v) is 5.13. The lowest BCUT2D eigenvalue weighted by atomic mass is 9.67. The van der Waals surface area contributed by atoms with Crippen LogP contribution < -0.4 is 0 Å². The largest absolute Gasteiger partial charge is 0.396 e. The summed E-state index contributed by atoms with van der Waals surface area (Å²) in [6.45, 7) is 1.06. The smallest absolute Gasteiger partial charge is 0.183 e. The Bertz CT molecular complexity index is 433. The van der Waals surface area contributed by atoms with Crippen molar-refractivity contribution in [1.82, 2.24) is 0 Å². The van der Waals surface area contributed by atoms with Gasteiger partial charge < -0.3 is 19.7 Å². The number of ether oxygens (including phenoxy) is 2. The van der Waals surface area contributed by atoms with Crippen molar-refractivity contribution in [2.24, 2.45) is 10.8 Å². The van der Waals surface area contributed by atoms with Crippen LogP contribution in [0.15, 0.2) is 30.3 Å². The summed E-state index contributed by atoms with van der Waals surface area (Å²) in [7, 11) is 0. The van der Waals surface area contributed by atoms with Crippen molar-refractivity contribution >= 4 is 0 Å². The number of aliphatic hydroxyl groups is 2. The molecule has 2 aliphatic rings. The van der Waals surface area contributed by atoms with Gasteiger partial charge in [-0.15, -0.1) is 0 Å². The van der Waals surface area contributed by atoms with Gasteiger partial charge >= 0.3 is 0 Å². The van der Waals surface area contributed by atoms with Gasteiger partial charge in [-0.05, 0) is 12.8 Å². The average Bonchev–Trinajstić information content (AvgIpc) is 2.87. The van der Waals surface area contributed by atoms with E-state index in [0.29, 0.717) is 13.2 Å². The van der Waals surface area contributed by atoms with E-state index in [4.69, 9.17) is 9.47 Å². The van der Waals surface area contributed by atoms with Crippen molar-refractivity contribution in [1.29, 1.82) is 0 Å². The van der Waals surface area contributed by atoms with E-state index in [0.717, 1.165) is 24.8 Å². The van der Waals surface area contributed by atoms with E-state index in [2.05, 4.69) is 0 Å². The van der Waals surface area contributed by atoms with Crippen LogP contribution in [0.2, 0.25) is 0 Å². The molecule has 3 rings (SSSR count). The zero-order chi connectivity index (χ0) is 14.1. The molecule has 1 aliphatic heterocycles. The van der Waals surface area contributed by atoms with E-state index in [9.17, 15) is 10.2 Å². The molecule has 0 amide bonds. The molecule has 2 fully saturated rings. The summed E-state index contributed by atoms with van der Waals surface area (Å²) in [5.74, 6) is 0. The first kappa shape index (κ1) is 14.0. The quantitative estimate of drug-likeness (QED) is 0.886. The Labute approximate surface area is 119 Å². The second-order valence-electron chi connectivity index (χ2n) is 6.10. The lowest BCUT2D eigenvalue weighted by Crippen LogP contribution is -2.52. The number of hydrogen-bond donors (Lipinski definition) is 2. The van der Waals surface area contributed by atoms with Crippen molar-refractivity contribution in [3.05, 3.63) is 35.9 Å². The molecule has 0 unspecified atom stereocenters. The summed E-state index contributed by atoms with van der Waals surface area (Å²) >= 11 is 0. The molecular weight excluding hydrogens is 256 g/mol. The predicted octanol–water partition coefficient (Wildman–Crippen LogP) is 1.87. The average molecular weight is 278 g/mol. The van der Waals surface area contributed by atoms with Crippen LogP contribution in [0.25, 0.3) is 0 Å². The fourth-order valence-corrected chi connectivity index (χ4v) is 3.65. The number of aliphatic hydroxyl groups excluding tert-OH is 2. The Morgan fingerprint density at radius 1 is 1.00 bits per heavy atom. The highest BCUT2D eigenvalue weighted by Crippen LogP contribution is 2.55. The molecule has 110 valence electrons. The highest BCUT2D eigenvalue weighted by Gasteiger charge is 2.56. The van der Waals surface area contributed by atoms with Gasteiger partial charge in [0.1, 0.15) is 0 Å². The Balaban J connectivity index is 1.75. The van der Waals surface area contributed by atoms with Crippen LogP contribution in [0.5, 0.6) is 0 Å². The maximum atomic E-state index is 9.75. The molecule has 1 aromatic rings. The monoisotopic (exact) mass is 278 g/mol. The molecule has 1 heterocycles. The van der Waals surface area contributed by atoms with Crippen LogP contribution >= 0.6 is 0 Å². The van der Waals surface area contributed by atoms with E-state index in [1.165, 1.54) is 0 Å². The van der Waals surface area contributed by atoms with E-state index in [1.807, 2.05) is 30.3 Å². The van der Waals surface area contributed by atoms with Gasteiger partial charge in [0.25, 0.3) is 0 Å². The van der Waals surface area contributed by atoms with Crippen LogP contribution in [-0.2, 0) is 9.47 Å². The van der Waals surface area contributed by atoms with Crippen LogP contribution in [0.1, 0.15) is 31.1 Å². The van der Waals surface area contributed by atoms with Crippen LogP contribution in [0.3, 0.4) is 0 Å². The molecule has 1 aromatic carbocycles. The van der Waals surface area contributed by atoms with Gasteiger partial charge in [0.05, 0.1) is 26.4 Å². The fourth-order valence-electron chi connectivity index (χ4n) is 3.65. The Hall–Kier alpha value is -0.940. The summed E-state index contributed by atoms with van der Waals surface area (Å²) in [5.41, 5.74) is 0.301. The molecule has 1 spiro atoms. The highest BCUT2D eigenvalue weighted by molar-refractivity contribution is 5.17. The van der Waals surface area contributed by atoms with Crippen LogP contribution in [0, 0.1) is 10.8 Å². The van der Waals surface area contributed by atoms with Crippen LogP contribution in [-0.4, -0.2) is 36.6 Å². The second-order valence-corrected chi connectivity index (χ2v) is 6.10. The van der Waals surface area contributed by atoms with Gasteiger partial charge in [0, 0.05) is 16.4 Å². The summed E-state index contributed by atoms with van der Waals surface area (Å²) in [6, 6.07) is 9.88. The van der Waals surface area contributed by atoms with Crippen molar-refractivity contribution in [2.75, 3.05) is 26.4 Å². The minimum atomic E-state index is -0.464. The van der Waals surface area contributed by atoms with Crippen molar-refractivity contribution < 1.29 is 19.7 Å². The highest BCUT2D eigenvalue weighted by atomic mass is 16.7. The van der Waals surface area contributed by atoms with Gasteiger partial charge in [-0.25, -0.2) is 0 Å². The zero-order valence-electron chi connectivity index (χ0n) is 11.6. The first-order valence-corrected chi connectivity index (χ1v) is 7.25. The zero-order valence-corrected chi connectivity index (χ0v) is 11.6. The van der Waals surface area contributed by atoms with E-state index in [-0.39, 0.29) is 24.9 Å². The molecule has 0 radical (unpaired) electrons. The van der Waals surface area contributed by atoms with E-state index < -0.39 is 5.41 Å². The fraction of sp³-hybridized carbons (Fsp3) is 0.625. The molecule has 1 saturated heterocycles. The van der Waals surface area contributed by atoms with Gasteiger partial charge in [0.15, 0.2) is 6.29 Å². The molecule has 0 aromatic heterocycles. The SMILES string of the molecule is OCC1(CO)CCCC12COC(c1ccccc1)OC2. The summed E-state index contributed by atoms with van der Waals surface area (Å²) < 4.78 is 11.8. The van der Waals surface area contributed by atoms with E-state index >= 15 is 0 Å². The Morgan fingerprint density at radius 2 is 1.65 bits per heavy atom. The molecule has 1 saturated carbocycles. The standard InChI is InChI=1S/C16H22O4/c17-9-15(10-18)7-4-8-16(15)11-19-14(20-12-16)13-5-2-1-3-6-13/h1-3,5-6,14,17-18H,4,7-12H2. The number of rotatable bonds is 3. The Morgan fingerprint density at radius 3 is 2.25 bits per heavy atom. The molecule has 0 atom stereocenters. The first-order chi connectivity index (χ1) is 9.75. The van der Waals surface area contributed by atoms with Gasteiger partial charge in [-0.1, -0.05) is 36.8 Å². The summed E-state index contributed by atoms with van der Waals surface area (Å²) in [6.07, 6.45) is 2.44. The molecular formula is C16H22O4. The van der Waals surface area contributed by atoms with Crippen molar-refractivity contribution in [2.45, 2.75) is 25.6 Å². The Kier molecular flexibility index (Phi) is 3.82. The third-order valence-electron chi connectivity index (χ3n) is 5.13. The minimum absolute atomic E-state index is 0.00771. The maximum absolute atomic E-state index is 9.75. The molecule has 1 aliphatic carbocycles. The summed E-state index contributed by atoms with van der Waals surface area (Å²) in [5, 5.41) is 19.5. The summed E-state index contributed by atoms with van der Waals surface area (Å²) in [4.78, 5) is 0. The predicted molar refractivity (Wildman–Crippen MR) is 74.0 cm³/mol. The molecule has 2 N–H and O–H groups in total. The van der Waals surface area contributed by atoms with Crippen molar-refractivity contribution in [3.8, 4) is 0 Å². The van der Waals surface area contributed by atoms with Crippen LogP contribution in [0.4, 0.5) is 0 Å². The lowest BCUT2D eigenvalue weighted by molar-refractivity contribution is -0.263. The minimum Gasteiger partial charge on any atom is -0.396 e. The van der Waals surface area contributed by atoms with Gasteiger partial charge in [0.2, 0.25) is 0 Å². The maximum Gasteiger partial charge on any atom is 0.183 e. The number of benzene rings is 1. The van der Waals surface area contributed by atoms with E-state index in [1.54, 1.807) is 0 Å². The first-order valence-electron chi connectivity index (χ1n) is 7.25. The molecule has 0 bridgehead atoms. The van der Waals surface area contributed by atoms with Gasteiger partial charge in [-0.3, -0.25) is 0 Å².